The van der Waals surface area contributed by atoms with Crippen LogP contribution in [0, 0.1) is 0 Å². The first-order valence-electron chi connectivity index (χ1n) is 8.34. The number of ether oxygens (including phenoxy) is 4. The minimum Gasteiger partial charge on any atom is -0.444 e. The largest absolute Gasteiger partial charge is 0.511 e. The second-order valence-corrected chi connectivity index (χ2v) is 8.01. The van der Waals surface area contributed by atoms with Gasteiger partial charge in [0.2, 0.25) is 6.29 Å². The van der Waals surface area contributed by atoms with Crippen molar-refractivity contribution < 1.29 is 38.7 Å². The highest BCUT2D eigenvalue weighted by Gasteiger charge is 2.47. The Labute approximate surface area is 152 Å². The van der Waals surface area contributed by atoms with Crippen LogP contribution in [0.15, 0.2) is 0 Å². The second-order valence-electron chi connectivity index (χ2n) is 8.01. The second kappa shape index (κ2) is 8.38. The summed E-state index contributed by atoms with van der Waals surface area (Å²) in [5.41, 5.74) is 3.90. The summed E-state index contributed by atoms with van der Waals surface area (Å²) in [7, 11) is 0. The Morgan fingerprint density at radius 3 is 2.04 bits per heavy atom. The van der Waals surface area contributed by atoms with E-state index in [0.717, 1.165) is 0 Å². The fourth-order valence-electron chi connectivity index (χ4n) is 2.19. The van der Waals surface area contributed by atoms with Crippen LogP contribution in [0.4, 0.5) is 9.59 Å². The van der Waals surface area contributed by atoms with Gasteiger partial charge in [-0.1, -0.05) is 0 Å². The predicted octanol–water partition coefficient (Wildman–Crippen LogP) is 0.237. The number of carbonyl (C=O) groups is 2. The maximum absolute atomic E-state index is 12.0. The van der Waals surface area contributed by atoms with Gasteiger partial charge in [0.25, 0.3) is 0 Å². The van der Waals surface area contributed by atoms with Crippen molar-refractivity contribution in [2.45, 2.75) is 83.4 Å². The SMILES string of the molecule is CC(C)(C)OC(=O)N[C@H]1[C@H](OC(=O)OC(C)(C)C)O[C@H](CN)[C@@H](O)[C@@H]1O. The molecule has 0 unspecified atom stereocenters. The Bertz CT molecular complexity index is 499. The normalized spacial score (nSPS) is 29.7. The number of hydrogen-bond donors (Lipinski definition) is 4. The molecular weight excluding hydrogens is 348 g/mol. The van der Waals surface area contributed by atoms with E-state index in [1.807, 2.05) is 0 Å². The number of rotatable bonds is 3. The number of amides is 1. The molecule has 0 spiro atoms. The van der Waals surface area contributed by atoms with Gasteiger partial charge in [-0.2, -0.15) is 0 Å². The smallest absolute Gasteiger partial charge is 0.444 e. The molecule has 5 N–H and O–H groups in total. The summed E-state index contributed by atoms with van der Waals surface area (Å²) in [6, 6.07) is -1.28. The zero-order valence-corrected chi connectivity index (χ0v) is 16.0. The van der Waals surface area contributed by atoms with Gasteiger partial charge in [-0.05, 0) is 41.5 Å². The van der Waals surface area contributed by atoms with Crippen molar-refractivity contribution in [3.05, 3.63) is 0 Å². The van der Waals surface area contributed by atoms with Gasteiger partial charge in [0.05, 0.1) is 0 Å². The van der Waals surface area contributed by atoms with E-state index in [-0.39, 0.29) is 6.54 Å². The van der Waals surface area contributed by atoms with Crippen molar-refractivity contribution in [1.82, 2.24) is 5.32 Å². The molecule has 152 valence electrons. The van der Waals surface area contributed by atoms with E-state index in [0.29, 0.717) is 0 Å². The van der Waals surface area contributed by atoms with Gasteiger partial charge >= 0.3 is 12.2 Å². The minimum absolute atomic E-state index is 0.133. The Morgan fingerprint density at radius 1 is 1.04 bits per heavy atom. The van der Waals surface area contributed by atoms with Gasteiger partial charge in [-0.25, -0.2) is 9.59 Å². The van der Waals surface area contributed by atoms with Crippen LogP contribution in [0.25, 0.3) is 0 Å². The van der Waals surface area contributed by atoms with Crippen molar-refractivity contribution >= 4 is 12.2 Å². The molecule has 1 amide bonds. The highest BCUT2D eigenvalue weighted by atomic mass is 16.8. The van der Waals surface area contributed by atoms with E-state index >= 15 is 0 Å². The summed E-state index contributed by atoms with van der Waals surface area (Å²) in [6.45, 7) is 9.79. The lowest BCUT2D eigenvalue weighted by Crippen LogP contribution is -2.65. The fraction of sp³-hybridized carbons (Fsp3) is 0.875. The quantitative estimate of drug-likeness (QED) is 0.506. The first kappa shape index (κ1) is 22.4. The average Bonchev–Trinajstić information content (AvgIpc) is 2.42. The maximum atomic E-state index is 12.0. The number of aliphatic hydroxyl groups is 2. The lowest BCUT2D eigenvalue weighted by molar-refractivity contribution is -0.249. The molecule has 0 bridgehead atoms. The van der Waals surface area contributed by atoms with Gasteiger partial charge in [0.1, 0.15) is 35.6 Å². The summed E-state index contributed by atoms with van der Waals surface area (Å²) in [6.07, 6.45) is -7.24. The molecule has 1 aliphatic heterocycles. The number of nitrogens with two attached hydrogens (primary N) is 1. The number of alkyl carbamates (subject to hydrolysis) is 1. The molecule has 1 fully saturated rings. The lowest BCUT2D eigenvalue weighted by atomic mass is 9.97. The number of nitrogens with one attached hydrogen (secondary N) is 1. The van der Waals surface area contributed by atoms with Crippen molar-refractivity contribution in [3.63, 3.8) is 0 Å². The van der Waals surface area contributed by atoms with E-state index in [1.54, 1.807) is 41.5 Å². The Kier molecular flexibility index (Phi) is 7.23. The first-order valence-corrected chi connectivity index (χ1v) is 8.34. The van der Waals surface area contributed by atoms with Crippen molar-refractivity contribution in [2.75, 3.05) is 6.54 Å². The standard InChI is InChI=1S/C16H30N2O8/c1-15(2,3)25-13(21)18-9-11(20)10(19)8(7-17)23-12(9)24-14(22)26-16(4,5)6/h8-12,19-20H,7,17H2,1-6H3,(H,18,21)/t8-,9-,10-,11-,12+/m1/s1. The van der Waals surface area contributed by atoms with Crippen molar-refractivity contribution in [2.24, 2.45) is 5.73 Å². The first-order chi connectivity index (χ1) is 11.7. The molecule has 1 aliphatic rings. The topological polar surface area (TPSA) is 150 Å². The van der Waals surface area contributed by atoms with Crippen molar-refractivity contribution in [1.29, 1.82) is 0 Å². The monoisotopic (exact) mass is 378 g/mol. The van der Waals surface area contributed by atoms with E-state index in [1.165, 1.54) is 0 Å². The van der Waals surface area contributed by atoms with Crippen LogP contribution >= 0.6 is 0 Å². The van der Waals surface area contributed by atoms with E-state index in [4.69, 9.17) is 24.7 Å². The highest BCUT2D eigenvalue weighted by molar-refractivity contribution is 5.68. The lowest BCUT2D eigenvalue weighted by Gasteiger charge is -2.41. The molecule has 1 heterocycles. The molecule has 0 aromatic rings. The molecule has 26 heavy (non-hydrogen) atoms. The van der Waals surface area contributed by atoms with Crippen LogP contribution in [0.5, 0.6) is 0 Å². The fourth-order valence-corrected chi connectivity index (χ4v) is 2.19. The van der Waals surface area contributed by atoms with Gasteiger partial charge in [0, 0.05) is 6.54 Å². The molecule has 0 saturated carbocycles. The Balaban J connectivity index is 2.91. The van der Waals surface area contributed by atoms with Crippen LogP contribution in [0.3, 0.4) is 0 Å². The van der Waals surface area contributed by atoms with E-state index in [2.05, 4.69) is 5.32 Å². The predicted molar refractivity (Wildman–Crippen MR) is 90.2 cm³/mol. The number of hydrogen-bond acceptors (Lipinski definition) is 9. The molecule has 1 saturated heterocycles. The Morgan fingerprint density at radius 2 is 1.58 bits per heavy atom. The molecule has 0 aromatic heterocycles. The molecule has 1 rings (SSSR count). The summed E-state index contributed by atoms with van der Waals surface area (Å²) in [5, 5.41) is 22.7. The highest BCUT2D eigenvalue weighted by Crippen LogP contribution is 2.23. The number of carbonyl (C=O) groups excluding carboxylic acids is 2. The average molecular weight is 378 g/mol. The molecule has 0 aliphatic carbocycles. The van der Waals surface area contributed by atoms with Crippen LogP contribution in [-0.4, -0.2) is 70.9 Å². The molecular formula is C16H30N2O8. The van der Waals surface area contributed by atoms with Gasteiger partial charge in [-0.3, -0.25) is 0 Å². The third-order valence-corrected chi connectivity index (χ3v) is 3.22. The summed E-state index contributed by atoms with van der Waals surface area (Å²) in [4.78, 5) is 23.9. The zero-order chi connectivity index (χ0) is 20.3. The van der Waals surface area contributed by atoms with Gasteiger partial charge in [0.15, 0.2) is 0 Å². The van der Waals surface area contributed by atoms with Crippen LogP contribution in [0.2, 0.25) is 0 Å². The summed E-state index contributed by atoms with van der Waals surface area (Å²) >= 11 is 0. The third-order valence-electron chi connectivity index (χ3n) is 3.22. The minimum atomic E-state index is -1.50. The third kappa shape index (κ3) is 6.94. The van der Waals surface area contributed by atoms with Crippen LogP contribution in [0.1, 0.15) is 41.5 Å². The molecule has 10 heteroatoms. The Hall–Kier alpha value is -1.62. The van der Waals surface area contributed by atoms with Crippen LogP contribution in [-0.2, 0) is 18.9 Å². The van der Waals surface area contributed by atoms with Gasteiger partial charge < -0.3 is 40.2 Å². The summed E-state index contributed by atoms with van der Waals surface area (Å²) in [5.74, 6) is 0. The molecule has 0 radical (unpaired) electrons. The van der Waals surface area contributed by atoms with Crippen molar-refractivity contribution in [3.8, 4) is 0 Å². The molecule has 0 aromatic carbocycles. The zero-order valence-electron chi connectivity index (χ0n) is 16.0. The van der Waals surface area contributed by atoms with E-state index < -0.39 is 54.1 Å². The maximum Gasteiger partial charge on any atom is 0.511 e. The molecule has 10 nitrogen and oxygen atoms in total. The summed E-state index contributed by atoms with van der Waals surface area (Å²) < 4.78 is 20.7. The molecule has 5 atom stereocenters. The van der Waals surface area contributed by atoms with Crippen LogP contribution < -0.4 is 11.1 Å². The van der Waals surface area contributed by atoms with Gasteiger partial charge in [-0.15, -0.1) is 0 Å². The van der Waals surface area contributed by atoms with E-state index in [9.17, 15) is 19.8 Å². The number of aliphatic hydroxyl groups excluding tert-OH is 2.